The fourth-order valence-corrected chi connectivity index (χ4v) is 11.7. The van der Waals surface area contributed by atoms with Crippen molar-refractivity contribution in [3.63, 3.8) is 0 Å². The molecule has 0 N–H and O–H groups in total. The molecule has 0 spiro atoms. The van der Waals surface area contributed by atoms with Crippen LogP contribution in [0.5, 0.6) is 0 Å². The molecule has 0 saturated heterocycles. The van der Waals surface area contributed by atoms with E-state index in [1.165, 1.54) is 142 Å². The maximum atomic E-state index is 2.46. The molecule has 0 atom stereocenters. The molecule has 0 saturated carbocycles. The molecule has 0 radical (unpaired) electrons. The Balaban J connectivity index is 1.34. The van der Waals surface area contributed by atoms with Crippen LogP contribution in [0, 0.1) is 41.5 Å². The van der Waals surface area contributed by atoms with Crippen LogP contribution in [0.1, 0.15) is 33.4 Å². The number of rotatable bonds is 3. The number of hydrogen-bond acceptors (Lipinski definition) is 1. The molecule has 0 nitrogen and oxygen atoms in total. The van der Waals surface area contributed by atoms with Gasteiger partial charge in [0.2, 0.25) is 0 Å². The second-order valence-corrected chi connectivity index (χ2v) is 17.0. The Morgan fingerprint density at radius 2 is 0.818 bits per heavy atom. The zero-order valence-electron chi connectivity index (χ0n) is 32.1. The summed E-state index contributed by atoms with van der Waals surface area (Å²) in [5.74, 6) is 0. The van der Waals surface area contributed by atoms with Crippen molar-refractivity contribution >= 4 is 63.8 Å². The molecule has 1 aromatic heterocycles. The molecule has 1 heteroatoms. The number of benzene rings is 9. The highest BCUT2D eigenvalue weighted by Crippen LogP contribution is 2.60. The Kier molecular flexibility index (Phi) is 6.92. The van der Waals surface area contributed by atoms with E-state index in [0.29, 0.717) is 0 Å². The summed E-state index contributed by atoms with van der Waals surface area (Å²) in [4.78, 5) is 0. The Labute approximate surface area is 326 Å². The van der Waals surface area contributed by atoms with Crippen molar-refractivity contribution in [2.24, 2.45) is 0 Å². The van der Waals surface area contributed by atoms with Crippen molar-refractivity contribution in [3.05, 3.63) is 167 Å². The van der Waals surface area contributed by atoms with Gasteiger partial charge in [0.05, 0.1) is 0 Å². The molecule has 1 heterocycles. The Morgan fingerprint density at radius 1 is 0.327 bits per heavy atom. The lowest BCUT2D eigenvalue weighted by molar-refractivity contribution is 1.32. The number of hydrogen-bond donors (Lipinski definition) is 0. The summed E-state index contributed by atoms with van der Waals surface area (Å²) < 4.78 is 2.70. The minimum absolute atomic E-state index is 1.28. The largest absolute Gasteiger partial charge is 0.135 e. The zero-order valence-corrected chi connectivity index (χ0v) is 32.9. The minimum atomic E-state index is 1.28. The summed E-state index contributed by atoms with van der Waals surface area (Å²) in [6, 6.07) is 50.9. The van der Waals surface area contributed by atoms with Gasteiger partial charge in [0.15, 0.2) is 0 Å². The molecular weight excluding hydrogens is 681 g/mol. The fourth-order valence-electron chi connectivity index (χ4n) is 10.5. The molecule has 55 heavy (non-hydrogen) atoms. The molecule has 11 rings (SSSR count). The lowest BCUT2D eigenvalue weighted by Crippen LogP contribution is -1.99. The molecule has 262 valence electrons. The van der Waals surface area contributed by atoms with Crippen LogP contribution >= 0.6 is 11.3 Å². The smallest absolute Gasteiger partial charge is 0.0440 e. The molecule has 0 bridgehead atoms. The molecule has 1 aliphatic rings. The number of fused-ring (bicyclic) bond motifs is 8. The van der Waals surface area contributed by atoms with Gasteiger partial charge >= 0.3 is 0 Å². The average Bonchev–Trinajstić information content (AvgIpc) is 3.70. The van der Waals surface area contributed by atoms with E-state index in [2.05, 4.69) is 175 Å². The van der Waals surface area contributed by atoms with Crippen LogP contribution in [-0.2, 0) is 0 Å². The van der Waals surface area contributed by atoms with E-state index in [1.54, 1.807) is 0 Å². The molecule has 0 unspecified atom stereocenters. The third kappa shape index (κ3) is 4.51. The molecule has 0 fully saturated rings. The lowest BCUT2D eigenvalue weighted by Gasteiger charge is -2.24. The van der Waals surface area contributed by atoms with Gasteiger partial charge in [-0.2, -0.15) is 0 Å². The van der Waals surface area contributed by atoms with Crippen LogP contribution in [0.25, 0.3) is 108 Å². The van der Waals surface area contributed by atoms with Crippen LogP contribution in [0.4, 0.5) is 0 Å². The van der Waals surface area contributed by atoms with Crippen LogP contribution in [0.3, 0.4) is 0 Å². The summed E-state index contributed by atoms with van der Waals surface area (Å²) in [5.41, 5.74) is 21.4. The van der Waals surface area contributed by atoms with Crippen LogP contribution in [0.2, 0.25) is 0 Å². The van der Waals surface area contributed by atoms with Gasteiger partial charge < -0.3 is 0 Å². The van der Waals surface area contributed by atoms with E-state index in [-0.39, 0.29) is 0 Å². The highest BCUT2D eigenvalue weighted by atomic mass is 32.1. The van der Waals surface area contributed by atoms with E-state index in [9.17, 15) is 0 Å². The fraction of sp³-hybridized carbons (Fsp3) is 0.111. The van der Waals surface area contributed by atoms with Crippen molar-refractivity contribution in [2.75, 3.05) is 0 Å². The van der Waals surface area contributed by atoms with Gasteiger partial charge in [-0.25, -0.2) is 0 Å². The standard InChI is InChI=1S/C54H40S/c1-29-24-31(3)46(32(4)25-29)50-39-17-9-10-18-40(39)51(47-33(5)26-30(2)27-34(47)6)53-43-23-22-41(38-19-13-20-42(48(38)43)52(50)53)49-36-15-8-7-14-35(36)28-44-37-16-11-12-21-45(37)55-54(44)49/h7-28H,1-6H3. The molecule has 0 amide bonds. The van der Waals surface area contributed by atoms with Crippen LogP contribution < -0.4 is 0 Å². The van der Waals surface area contributed by atoms with Crippen molar-refractivity contribution in [1.29, 1.82) is 0 Å². The van der Waals surface area contributed by atoms with Crippen LogP contribution in [-0.4, -0.2) is 0 Å². The predicted octanol–water partition coefficient (Wildman–Crippen LogP) is 16.0. The first kappa shape index (κ1) is 32.4. The first-order valence-electron chi connectivity index (χ1n) is 19.4. The molecule has 10 aromatic rings. The summed E-state index contributed by atoms with van der Waals surface area (Å²) in [6.07, 6.45) is 0. The van der Waals surface area contributed by atoms with E-state index in [0.717, 1.165) is 0 Å². The van der Waals surface area contributed by atoms with Crippen molar-refractivity contribution in [1.82, 2.24) is 0 Å². The molecule has 1 aliphatic carbocycles. The van der Waals surface area contributed by atoms with Crippen molar-refractivity contribution in [3.8, 4) is 55.6 Å². The normalized spacial score (nSPS) is 12.2. The van der Waals surface area contributed by atoms with Gasteiger partial charge in [-0.15, -0.1) is 11.3 Å². The Bertz CT molecular complexity index is 3160. The summed E-state index contributed by atoms with van der Waals surface area (Å²) in [7, 11) is 0. The monoisotopic (exact) mass is 720 g/mol. The van der Waals surface area contributed by atoms with Gasteiger partial charge in [0.1, 0.15) is 0 Å². The average molecular weight is 721 g/mol. The maximum Gasteiger partial charge on any atom is 0.0440 e. The number of aryl methyl sites for hydroxylation is 6. The van der Waals surface area contributed by atoms with Crippen molar-refractivity contribution in [2.45, 2.75) is 41.5 Å². The topological polar surface area (TPSA) is 0 Å². The Morgan fingerprint density at radius 3 is 1.44 bits per heavy atom. The van der Waals surface area contributed by atoms with Gasteiger partial charge in [-0.3, -0.25) is 0 Å². The molecule has 9 aromatic carbocycles. The van der Waals surface area contributed by atoms with Crippen LogP contribution in [0.15, 0.2) is 133 Å². The van der Waals surface area contributed by atoms with Crippen molar-refractivity contribution < 1.29 is 0 Å². The van der Waals surface area contributed by atoms with E-state index in [1.807, 2.05) is 11.3 Å². The van der Waals surface area contributed by atoms with E-state index < -0.39 is 0 Å². The molecule has 0 aliphatic heterocycles. The minimum Gasteiger partial charge on any atom is -0.135 e. The Hall–Kier alpha value is -6.02. The SMILES string of the molecule is Cc1cc(C)c(-c2c3c(c(-c4c(C)cc(C)cc4C)c4ccccc24)-c2ccc(-c4c5ccccc5cc5c4sc4ccccc45)c4cccc-3c24)c(C)c1. The highest BCUT2D eigenvalue weighted by molar-refractivity contribution is 7.26. The lowest BCUT2D eigenvalue weighted by atomic mass is 9.79. The summed E-state index contributed by atoms with van der Waals surface area (Å²) in [6.45, 7) is 13.6. The summed E-state index contributed by atoms with van der Waals surface area (Å²) >= 11 is 1.93. The van der Waals surface area contributed by atoms with E-state index in [4.69, 9.17) is 0 Å². The molecular formula is C54H40S. The highest BCUT2D eigenvalue weighted by Gasteiger charge is 2.33. The zero-order chi connectivity index (χ0) is 37.3. The third-order valence-corrected chi connectivity index (χ3v) is 13.5. The third-order valence-electron chi connectivity index (χ3n) is 12.3. The van der Waals surface area contributed by atoms with E-state index >= 15 is 0 Å². The van der Waals surface area contributed by atoms with Gasteiger partial charge in [-0.05, 0) is 158 Å². The van der Waals surface area contributed by atoms with Gasteiger partial charge in [0.25, 0.3) is 0 Å². The summed E-state index contributed by atoms with van der Waals surface area (Å²) in [5, 5.41) is 10.6. The second kappa shape index (κ2) is 11.7. The predicted molar refractivity (Wildman–Crippen MR) is 241 cm³/mol. The first-order valence-corrected chi connectivity index (χ1v) is 20.2. The first-order chi connectivity index (χ1) is 26.8. The quantitative estimate of drug-likeness (QED) is 0.170. The second-order valence-electron chi connectivity index (χ2n) is 15.9. The number of thiophene rings is 1. The van der Waals surface area contributed by atoms with Gasteiger partial charge in [-0.1, -0.05) is 132 Å². The van der Waals surface area contributed by atoms with Gasteiger partial charge in [0, 0.05) is 25.7 Å². The maximum absolute atomic E-state index is 2.46.